The van der Waals surface area contributed by atoms with Crippen molar-refractivity contribution in [1.82, 2.24) is 0 Å². The van der Waals surface area contributed by atoms with E-state index in [2.05, 4.69) is 36.6 Å². The SMILES string of the molecule is Nc1c(F)ccc(S(=O)(=O)Nc2c(Br)cccc2Br)c1F. The molecule has 0 aliphatic rings. The van der Waals surface area contributed by atoms with Crippen molar-refractivity contribution in [3.63, 3.8) is 0 Å². The van der Waals surface area contributed by atoms with Crippen molar-refractivity contribution in [3.8, 4) is 0 Å². The van der Waals surface area contributed by atoms with Gasteiger partial charge in [0.15, 0.2) is 5.82 Å². The number of para-hydroxylation sites is 1. The fourth-order valence-corrected chi connectivity index (χ4v) is 4.19. The average molecular weight is 442 g/mol. The summed E-state index contributed by atoms with van der Waals surface area (Å²) in [5, 5.41) is 0. The molecule has 0 heterocycles. The third kappa shape index (κ3) is 3.19. The van der Waals surface area contributed by atoms with E-state index in [0.29, 0.717) is 8.95 Å². The minimum absolute atomic E-state index is 0.194. The smallest absolute Gasteiger partial charge is 0.264 e. The molecule has 2 aromatic rings. The fraction of sp³-hybridized carbons (Fsp3) is 0. The molecule has 0 saturated heterocycles. The average Bonchev–Trinajstić information content (AvgIpc) is 2.40. The highest BCUT2D eigenvalue weighted by Gasteiger charge is 2.24. The molecule has 0 aliphatic heterocycles. The molecule has 0 atom stereocenters. The Morgan fingerprint density at radius 2 is 1.62 bits per heavy atom. The summed E-state index contributed by atoms with van der Waals surface area (Å²) in [7, 11) is -4.26. The first-order chi connectivity index (χ1) is 9.74. The molecule has 0 aliphatic carbocycles. The number of hydrogen-bond acceptors (Lipinski definition) is 3. The van der Waals surface area contributed by atoms with E-state index in [0.717, 1.165) is 12.1 Å². The second-order valence-corrected chi connectivity index (χ2v) is 7.33. The molecule has 3 N–H and O–H groups in total. The summed E-state index contributed by atoms with van der Waals surface area (Å²) in [6.45, 7) is 0. The number of rotatable bonds is 3. The second kappa shape index (κ2) is 5.90. The lowest BCUT2D eigenvalue weighted by Crippen LogP contribution is -2.16. The van der Waals surface area contributed by atoms with Crippen LogP contribution in [0.1, 0.15) is 0 Å². The quantitative estimate of drug-likeness (QED) is 0.710. The van der Waals surface area contributed by atoms with Gasteiger partial charge in [-0.05, 0) is 56.1 Å². The van der Waals surface area contributed by atoms with Crippen LogP contribution in [0, 0.1) is 11.6 Å². The molecule has 0 fully saturated rings. The third-order valence-corrected chi connectivity index (χ3v) is 5.27. The number of nitrogens with two attached hydrogens (primary N) is 1. The topological polar surface area (TPSA) is 72.2 Å². The first-order valence-corrected chi connectivity index (χ1v) is 8.51. The minimum atomic E-state index is -4.26. The number of hydrogen-bond donors (Lipinski definition) is 2. The van der Waals surface area contributed by atoms with Gasteiger partial charge in [-0.1, -0.05) is 6.07 Å². The van der Waals surface area contributed by atoms with Crippen LogP contribution in [0.2, 0.25) is 0 Å². The molecular formula is C12H8Br2F2N2O2S. The lowest BCUT2D eigenvalue weighted by Gasteiger charge is -2.13. The van der Waals surface area contributed by atoms with Crippen LogP contribution in [0.25, 0.3) is 0 Å². The highest BCUT2D eigenvalue weighted by atomic mass is 79.9. The summed E-state index contributed by atoms with van der Waals surface area (Å²) in [6, 6.07) is 6.51. The van der Waals surface area contributed by atoms with E-state index in [1.54, 1.807) is 18.2 Å². The van der Waals surface area contributed by atoms with Gasteiger partial charge in [0.05, 0.1) is 5.69 Å². The first kappa shape index (κ1) is 16.2. The molecule has 0 unspecified atom stereocenters. The summed E-state index contributed by atoms with van der Waals surface area (Å²) in [5.74, 6) is -2.35. The molecule has 4 nitrogen and oxygen atoms in total. The molecule has 0 spiro atoms. The molecule has 2 rings (SSSR count). The molecule has 0 aromatic heterocycles. The van der Waals surface area contributed by atoms with Gasteiger partial charge in [0, 0.05) is 8.95 Å². The highest BCUT2D eigenvalue weighted by molar-refractivity contribution is 9.11. The first-order valence-electron chi connectivity index (χ1n) is 5.44. The molecule has 0 saturated carbocycles. The molecule has 112 valence electrons. The van der Waals surface area contributed by atoms with Crippen LogP contribution >= 0.6 is 31.9 Å². The van der Waals surface area contributed by atoms with Gasteiger partial charge < -0.3 is 5.73 Å². The number of nitrogens with one attached hydrogen (secondary N) is 1. The maximum atomic E-state index is 13.9. The van der Waals surface area contributed by atoms with Crippen LogP contribution in [0.15, 0.2) is 44.2 Å². The zero-order chi connectivity index (χ0) is 15.8. The lowest BCUT2D eigenvalue weighted by atomic mass is 10.3. The van der Waals surface area contributed by atoms with Crippen LogP contribution in [0.5, 0.6) is 0 Å². The summed E-state index contributed by atoms with van der Waals surface area (Å²) in [4.78, 5) is -0.732. The van der Waals surface area contributed by atoms with E-state index < -0.39 is 32.2 Å². The standard InChI is InChI=1S/C12H8Br2F2N2O2S/c13-6-2-1-3-7(14)12(6)18-21(19,20)9-5-4-8(15)11(17)10(9)16/h1-5,18H,17H2. The predicted octanol–water partition coefficient (Wildman–Crippen LogP) is 3.87. The van der Waals surface area contributed by atoms with Gasteiger partial charge in [-0.15, -0.1) is 0 Å². The van der Waals surface area contributed by atoms with Crippen molar-refractivity contribution in [2.75, 3.05) is 10.5 Å². The van der Waals surface area contributed by atoms with Crippen LogP contribution in [-0.4, -0.2) is 8.42 Å². The predicted molar refractivity (Wildman–Crippen MR) is 83.4 cm³/mol. The third-order valence-electron chi connectivity index (χ3n) is 2.58. The summed E-state index contributed by atoms with van der Waals surface area (Å²) < 4.78 is 54.5. The van der Waals surface area contributed by atoms with Crippen LogP contribution in [0.3, 0.4) is 0 Å². The molecule has 0 radical (unpaired) electrons. The lowest BCUT2D eigenvalue weighted by molar-refractivity contribution is 0.557. The monoisotopic (exact) mass is 440 g/mol. The summed E-state index contributed by atoms with van der Waals surface area (Å²) in [5.41, 5.74) is 4.52. The zero-order valence-electron chi connectivity index (χ0n) is 10.2. The number of halogens is 4. The van der Waals surface area contributed by atoms with Crippen molar-refractivity contribution in [2.24, 2.45) is 0 Å². The molecule has 9 heteroatoms. The Balaban J connectivity index is 2.52. The molecule has 2 aromatic carbocycles. The van der Waals surface area contributed by atoms with Crippen molar-refractivity contribution in [3.05, 3.63) is 50.9 Å². The number of sulfonamides is 1. The van der Waals surface area contributed by atoms with E-state index >= 15 is 0 Å². The van der Waals surface area contributed by atoms with Crippen molar-refractivity contribution in [2.45, 2.75) is 4.90 Å². The minimum Gasteiger partial charge on any atom is -0.394 e. The van der Waals surface area contributed by atoms with Crippen LogP contribution < -0.4 is 10.5 Å². The maximum Gasteiger partial charge on any atom is 0.264 e. The summed E-state index contributed by atoms with van der Waals surface area (Å²) >= 11 is 6.36. The van der Waals surface area contributed by atoms with Gasteiger partial charge >= 0.3 is 0 Å². The van der Waals surface area contributed by atoms with Gasteiger partial charge in [0.25, 0.3) is 10.0 Å². The Hall–Kier alpha value is -1.19. The molecular weight excluding hydrogens is 434 g/mol. The number of benzene rings is 2. The fourth-order valence-electron chi connectivity index (χ4n) is 1.54. The Morgan fingerprint density at radius 1 is 1.05 bits per heavy atom. The van der Waals surface area contributed by atoms with E-state index in [4.69, 9.17) is 5.73 Å². The van der Waals surface area contributed by atoms with Crippen molar-refractivity contribution < 1.29 is 17.2 Å². The number of anilines is 2. The van der Waals surface area contributed by atoms with Gasteiger partial charge in [0.2, 0.25) is 0 Å². The molecule has 21 heavy (non-hydrogen) atoms. The van der Waals surface area contributed by atoms with Gasteiger partial charge in [-0.25, -0.2) is 17.2 Å². The Labute approximate surface area is 136 Å². The van der Waals surface area contributed by atoms with E-state index in [9.17, 15) is 17.2 Å². The normalized spacial score (nSPS) is 11.4. The summed E-state index contributed by atoms with van der Waals surface area (Å²) in [6.07, 6.45) is 0. The van der Waals surface area contributed by atoms with E-state index in [1.165, 1.54) is 0 Å². The Kier molecular flexibility index (Phi) is 4.54. The zero-order valence-corrected chi connectivity index (χ0v) is 14.2. The van der Waals surface area contributed by atoms with Gasteiger partial charge in [0.1, 0.15) is 16.4 Å². The van der Waals surface area contributed by atoms with Gasteiger partial charge in [-0.3, -0.25) is 4.72 Å². The van der Waals surface area contributed by atoms with Crippen LogP contribution in [-0.2, 0) is 10.0 Å². The Bertz CT molecular complexity index is 793. The maximum absolute atomic E-state index is 13.9. The van der Waals surface area contributed by atoms with E-state index in [1.807, 2.05) is 0 Å². The van der Waals surface area contributed by atoms with Crippen molar-refractivity contribution in [1.29, 1.82) is 0 Å². The Morgan fingerprint density at radius 3 is 2.19 bits per heavy atom. The molecule has 0 bridgehead atoms. The van der Waals surface area contributed by atoms with Crippen LogP contribution in [0.4, 0.5) is 20.2 Å². The van der Waals surface area contributed by atoms with Gasteiger partial charge in [-0.2, -0.15) is 0 Å². The van der Waals surface area contributed by atoms with Crippen molar-refractivity contribution >= 4 is 53.3 Å². The largest absolute Gasteiger partial charge is 0.394 e. The molecule has 0 amide bonds. The van der Waals surface area contributed by atoms with E-state index in [-0.39, 0.29) is 5.69 Å². The highest BCUT2D eigenvalue weighted by Crippen LogP contribution is 2.33. The number of nitrogen functional groups attached to an aromatic ring is 1. The second-order valence-electron chi connectivity index (χ2n) is 3.98.